The van der Waals surface area contributed by atoms with E-state index in [4.69, 9.17) is 4.74 Å². The van der Waals surface area contributed by atoms with Gasteiger partial charge in [0.15, 0.2) is 0 Å². The highest BCUT2D eigenvalue weighted by Crippen LogP contribution is 2.23. The standard InChI is InChI=1S/C7H9BrN2O/c1-3-5-6(8)7(11-2)10-4-9-5/h4H,3H2,1-2H3. The molecule has 1 rings (SSSR count). The second-order valence-corrected chi connectivity index (χ2v) is 2.79. The van der Waals surface area contributed by atoms with Crippen molar-refractivity contribution in [3.8, 4) is 5.88 Å². The van der Waals surface area contributed by atoms with E-state index in [2.05, 4.69) is 25.9 Å². The molecular weight excluding hydrogens is 208 g/mol. The van der Waals surface area contributed by atoms with Crippen LogP contribution in [0.5, 0.6) is 5.88 Å². The van der Waals surface area contributed by atoms with Gasteiger partial charge in [-0.2, -0.15) is 0 Å². The van der Waals surface area contributed by atoms with Crippen LogP contribution in [0.1, 0.15) is 12.6 Å². The van der Waals surface area contributed by atoms with Crippen molar-refractivity contribution in [3.05, 3.63) is 16.5 Å². The molecule has 0 radical (unpaired) electrons. The number of aromatic nitrogens is 2. The lowest BCUT2D eigenvalue weighted by Gasteiger charge is -2.03. The first-order valence-electron chi connectivity index (χ1n) is 3.33. The Balaban J connectivity index is 3.10. The lowest BCUT2D eigenvalue weighted by atomic mass is 10.3. The quantitative estimate of drug-likeness (QED) is 0.757. The lowest BCUT2D eigenvalue weighted by molar-refractivity contribution is 0.393. The van der Waals surface area contributed by atoms with E-state index in [9.17, 15) is 0 Å². The van der Waals surface area contributed by atoms with Gasteiger partial charge in [-0.05, 0) is 22.4 Å². The molecule has 0 N–H and O–H groups in total. The maximum atomic E-state index is 4.99. The van der Waals surface area contributed by atoms with Crippen LogP contribution in [-0.2, 0) is 6.42 Å². The fourth-order valence-electron chi connectivity index (χ4n) is 0.777. The summed E-state index contributed by atoms with van der Waals surface area (Å²) in [5.74, 6) is 0.594. The zero-order chi connectivity index (χ0) is 8.27. The summed E-state index contributed by atoms with van der Waals surface area (Å²) in [5, 5.41) is 0. The summed E-state index contributed by atoms with van der Waals surface area (Å²) in [6.07, 6.45) is 2.38. The molecule has 60 valence electrons. The van der Waals surface area contributed by atoms with Crippen LogP contribution in [-0.4, -0.2) is 17.1 Å². The summed E-state index contributed by atoms with van der Waals surface area (Å²) < 4.78 is 5.84. The topological polar surface area (TPSA) is 35.0 Å². The van der Waals surface area contributed by atoms with Crippen LogP contribution in [0, 0.1) is 0 Å². The molecule has 0 saturated heterocycles. The first-order valence-corrected chi connectivity index (χ1v) is 4.12. The number of hydrogen-bond acceptors (Lipinski definition) is 3. The molecule has 0 aromatic carbocycles. The highest BCUT2D eigenvalue weighted by atomic mass is 79.9. The largest absolute Gasteiger partial charge is 0.480 e. The smallest absolute Gasteiger partial charge is 0.231 e. The summed E-state index contributed by atoms with van der Waals surface area (Å²) in [6, 6.07) is 0. The first kappa shape index (κ1) is 8.46. The highest BCUT2D eigenvalue weighted by molar-refractivity contribution is 9.10. The van der Waals surface area contributed by atoms with E-state index in [-0.39, 0.29) is 0 Å². The zero-order valence-corrected chi connectivity index (χ0v) is 8.05. The molecule has 3 nitrogen and oxygen atoms in total. The van der Waals surface area contributed by atoms with Gasteiger partial charge in [0.25, 0.3) is 0 Å². The van der Waals surface area contributed by atoms with Crippen molar-refractivity contribution in [3.63, 3.8) is 0 Å². The van der Waals surface area contributed by atoms with Crippen LogP contribution >= 0.6 is 15.9 Å². The Kier molecular flexibility index (Phi) is 2.82. The van der Waals surface area contributed by atoms with Crippen LogP contribution < -0.4 is 4.74 Å². The third kappa shape index (κ3) is 1.68. The van der Waals surface area contributed by atoms with Gasteiger partial charge in [-0.15, -0.1) is 0 Å². The number of rotatable bonds is 2. The molecule has 11 heavy (non-hydrogen) atoms. The molecule has 0 unspecified atom stereocenters. The minimum Gasteiger partial charge on any atom is -0.480 e. The van der Waals surface area contributed by atoms with Crippen molar-refractivity contribution in [2.45, 2.75) is 13.3 Å². The Hall–Kier alpha value is -0.640. The molecule has 1 aromatic rings. The summed E-state index contributed by atoms with van der Waals surface area (Å²) in [4.78, 5) is 7.99. The van der Waals surface area contributed by atoms with E-state index in [1.54, 1.807) is 7.11 Å². The average Bonchev–Trinajstić information content (AvgIpc) is 2.05. The maximum absolute atomic E-state index is 4.99. The van der Waals surface area contributed by atoms with Crippen molar-refractivity contribution in [1.29, 1.82) is 0 Å². The normalized spacial score (nSPS) is 9.73. The van der Waals surface area contributed by atoms with E-state index in [1.165, 1.54) is 6.33 Å². The minimum atomic E-state index is 0.594. The van der Waals surface area contributed by atoms with Gasteiger partial charge in [-0.3, -0.25) is 0 Å². The van der Waals surface area contributed by atoms with Crippen molar-refractivity contribution in [2.24, 2.45) is 0 Å². The van der Waals surface area contributed by atoms with Crippen LogP contribution in [0.2, 0.25) is 0 Å². The molecule has 0 aliphatic rings. The molecular formula is C7H9BrN2O. The van der Waals surface area contributed by atoms with Gasteiger partial charge < -0.3 is 4.74 Å². The van der Waals surface area contributed by atoms with E-state index < -0.39 is 0 Å². The van der Waals surface area contributed by atoms with Gasteiger partial charge in [-0.25, -0.2) is 9.97 Å². The average molecular weight is 217 g/mol. The van der Waals surface area contributed by atoms with Crippen LogP contribution in [0.25, 0.3) is 0 Å². The number of methoxy groups -OCH3 is 1. The summed E-state index contributed by atoms with van der Waals surface area (Å²) in [7, 11) is 1.59. The van der Waals surface area contributed by atoms with Crippen molar-refractivity contribution < 1.29 is 4.74 Å². The first-order chi connectivity index (χ1) is 5.29. The van der Waals surface area contributed by atoms with E-state index in [0.717, 1.165) is 16.6 Å². The predicted molar refractivity (Wildman–Crippen MR) is 45.7 cm³/mol. The highest BCUT2D eigenvalue weighted by Gasteiger charge is 2.05. The predicted octanol–water partition coefficient (Wildman–Crippen LogP) is 1.81. The molecule has 0 bridgehead atoms. The van der Waals surface area contributed by atoms with Crippen molar-refractivity contribution >= 4 is 15.9 Å². The van der Waals surface area contributed by atoms with Crippen molar-refractivity contribution in [2.75, 3.05) is 7.11 Å². The molecule has 0 aliphatic carbocycles. The van der Waals surface area contributed by atoms with Gasteiger partial charge in [0, 0.05) is 0 Å². The van der Waals surface area contributed by atoms with Gasteiger partial charge in [0.2, 0.25) is 5.88 Å². The monoisotopic (exact) mass is 216 g/mol. The second-order valence-electron chi connectivity index (χ2n) is 2.00. The number of nitrogens with zero attached hydrogens (tertiary/aromatic N) is 2. The van der Waals surface area contributed by atoms with Gasteiger partial charge in [0.05, 0.1) is 12.8 Å². The number of halogens is 1. The van der Waals surface area contributed by atoms with Crippen LogP contribution in [0.3, 0.4) is 0 Å². The second kappa shape index (κ2) is 3.67. The Morgan fingerprint density at radius 3 is 2.82 bits per heavy atom. The Morgan fingerprint density at radius 2 is 2.27 bits per heavy atom. The molecule has 0 amide bonds. The Bertz CT molecular complexity index is 230. The third-order valence-electron chi connectivity index (χ3n) is 1.36. The number of ether oxygens (including phenoxy) is 1. The Morgan fingerprint density at radius 1 is 1.55 bits per heavy atom. The van der Waals surface area contributed by atoms with Crippen LogP contribution in [0.15, 0.2) is 10.8 Å². The summed E-state index contributed by atoms with van der Waals surface area (Å²) in [6.45, 7) is 2.03. The van der Waals surface area contributed by atoms with E-state index >= 15 is 0 Å². The SMILES string of the molecule is CCc1ncnc(OC)c1Br. The molecule has 0 atom stereocenters. The fourth-order valence-corrected chi connectivity index (χ4v) is 1.42. The lowest BCUT2D eigenvalue weighted by Crippen LogP contribution is -1.95. The van der Waals surface area contributed by atoms with Gasteiger partial charge in [0.1, 0.15) is 10.8 Å². The molecule has 4 heteroatoms. The van der Waals surface area contributed by atoms with E-state index in [0.29, 0.717) is 5.88 Å². The van der Waals surface area contributed by atoms with Crippen LogP contribution in [0.4, 0.5) is 0 Å². The number of hydrogen-bond donors (Lipinski definition) is 0. The number of aryl methyl sites for hydroxylation is 1. The molecule has 1 heterocycles. The zero-order valence-electron chi connectivity index (χ0n) is 6.47. The third-order valence-corrected chi connectivity index (χ3v) is 2.15. The maximum Gasteiger partial charge on any atom is 0.231 e. The molecule has 0 fully saturated rings. The minimum absolute atomic E-state index is 0.594. The van der Waals surface area contributed by atoms with E-state index in [1.807, 2.05) is 6.92 Å². The molecule has 1 aromatic heterocycles. The molecule has 0 aliphatic heterocycles. The van der Waals surface area contributed by atoms with Gasteiger partial charge in [-0.1, -0.05) is 6.92 Å². The van der Waals surface area contributed by atoms with Crippen molar-refractivity contribution in [1.82, 2.24) is 9.97 Å². The Labute approximate surface area is 73.9 Å². The fraction of sp³-hybridized carbons (Fsp3) is 0.429. The molecule has 0 saturated carbocycles. The van der Waals surface area contributed by atoms with Gasteiger partial charge >= 0.3 is 0 Å². The molecule has 0 spiro atoms. The summed E-state index contributed by atoms with van der Waals surface area (Å²) in [5.41, 5.74) is 0.969. The summed E-state index contributed by atoms with van der Waals surface area (Å²) >= 11 is 3.35.